The standard InChI is InChI=1S/C25H18F3N3O/c1-15-11-21-22(13-19(15)25(26,27)28)30-24(32)14-20(29-21)17-6-4-7-18(12-17)31-10-9-16-5-2-3-8-23(16)31/h2-13H,14H2,1H3,(H,30,32). The molecule has 4 nitrogen and oxygen atoms in total. The number of para-hydroxylation sites is 1. The normalized spacial score (nSPS) is 14.0. The number of benzene rings is 3. The number of rotatable bonds is 2. The van der Waals surface area contributed by atoms with Gasteiger partial charge in [-0.15, -0.1) is 0 Å². The summed E-state index contributed by atoms with van der Waals surface area (Å²) in [5.41, 5.74) is 2.84. The fraction of sp³-hybridized carbons (Fsp3) is 0.120. The van der Waals surface area contributed by atoms with Crippen LogP contribution in [-0.4, -0.2) is 16.2 Å². The van der Waals surface area contributed by atoms with Crippen LogP contribution < -0.4 is 5.32 Å². The lowest BCUT2D eigenvalue weighted by Crippen LogP contribution is -2.16. The number of alkyl halides is 3. The zero-order valence-corrected chi connectivity index (χ0v) is 17.1. The number of anilines is 1. The number of carbonyl (C=O) groups is 1. The van der Waals surface area contributed by atoms with Crippen LogP contribution in [0.3, 0.4) is 0 Å². The number of fused-ring (bicyclic) bond motifs is 2. The van der Waals surface area contributed by atoms with Crippen molar-refractivity contribution < 1.29 is 18.0 Å². The summed E-state index contributed by atoms with van der Waals surface area (Å²) in [6.45, 7) is 1.39. The van der Waals surface area contributed by atoms with Gasteiger partial charge in [-0.2, -0.15) is 13.2 Å². The lowest BCUT2D eigenvalue weighted by molar-refractivity contribution is -0.138. The lowest BCUT2D eigenvalue weighted by Gasteiger charge is -2.13. The van der Waals surface area contributed by atoms with Crippen molar-refractivity contribution in [2.45, 2.75) is 19.5 Å². The van der Waals surface area contributed by atoms with Gasteiger partial charge in [-0.3, -0.25) is 9.79 Å². The molecular weight excluding hydrogens is 415 g/mol. The summed E-state index contributed by atoms with van der Waals surface area (Å²) in [6, 6.07) is 20.0. The predicted octanol–water partition coefficient (Wildman–Crippen LogP) is 6.42. The average molecular weight is 433 g/mol. The molecular formula is C25H18F3N3O. The first-order valence-electron chi connectivity index (χ1n) is 10.1. The molecule has 2 heterocycles. The van der Waals surface area contributed by atoms with Gasteiger partial charge in [0.15, 0.2) is 0 Å². The SMILES string of the molecule is Cc1cc2c(cc1C(F)(F)F)NC(=O)CC(c1cccc(-n3ccc4ccccc43)c1)=N2. The number of nitrogens with one attached hydrogen (secondary N) is 1. The molecule has 0 saturated carbocycles. The highest BCUT2D eigenvalue weighted by Crippen LogP contribution is 2.39. The third kappa shape index (κ3) is 3.56. The zero-order chi connectivity index (χ0) is 22.5. The second kappa shape index (κ2) is 7.37. The maximum absolute atomic E-state index is 13.3. The van der Waals surface area contributed by atoms with Crippen molar-refractivity contribution in [3.63, 3.8) is 0 Å². The van der Waals surface area contributed by atoms with Crippen LogP contribution in [0.5, 0.6) is 0 Å². The summed E-state index contributed by atoms with van der Waals surface area (Å²) < 4.78 is 41.9. The van der Waals surface area contributed by atoms with Crippen LogP contribution in [0.2, 0.25) is 0 Å². The minimum absolute atomic E-state index is 0.0367. The van der Waals surface area contributed by atoms with E-state index in [0.29, 0.717) is 11.4 Å². The fourth-order valence-corrected chi connectivity index (χ4v) is 4.03. The van der Waals surface area contributed by atoms with Crippen molar-refractivity contribution in [3.05, 3.63) is 89.6 Å². The first-order valence-corrected chi connectivity index (χ1v) is 10.1. The van der Waals surface area contributed by atoms with E-state index in [9.17, 15) is 18.0 Å². The Morgan fingerprint density at radius 1 is 1.00 bits per heavy atom. The summed E-state index contributed by atoms with van der Waals surface area (Å²) in [5.74, 6) is -0.406. The van der Waals surface area contributed by atoms with Crippen LogP contribution in [-0.2, 0) is 11.0 Å². The number of aryl methyl sites for hydroxylation is 1. The van der Waals surface area contributed by atoms with Gasteiger partial charge in [-0.05, 0) is 59.8 Å². The molecule has 0 spiro atoms. The Balaban J connectivity index is 1.60. The molecule has 7 heteroatoms. The highest BCUT2D eigenvalue weighted by molar-refractivity contribution is 6.17. The van der Waals surface area contributed by atoms with Gasteiger partial charge in [0.25, 0.3) is 0 Å². The van der Waals surface area contributed by atoms with E-state index in [2.05, 4.69) is 10.3 Å². The van der Waals surface area contributed by atoms with Gasteiger partial charge in [0.2, 0.25) is 5.91 Å². The van der Waals surface area contributed by atoms with Crippen molar-refractivity contribution in [1.82, 2.24) is 4.57 Å². The van der Waals surface area contributed by atoms with Crippen LogP contribution in [0.1, 0.15) is 23.1 Å². The molecule has 1 aliphatic heterocycles. The van der Waals surface area contributed by atoms with Crippen LogP contribution in [0, 0.1) is 6.92 Å². The van der Waals surface area contributed by atoms with Crippen molar-refractivity contribution in [3.8, 4) is 5.69 Å². The van der Waals surface area contributed by atoms with Crippen LogP contribution in [0.4, 0.5) is 24.5 Å². The van der Waals surface area contributed by atoms with E-state index in [1.165, 1.54) is 13.0 Å². The Kier molecular flexibility index (Phi) is 4.62. The van der Waals surface area contributed by atoms with Crippen molar-refractivity contribution >= 4 is 33.9 Å². The summed E-state index contributed by atoms with van der Waals surface area (Å²) in [5, 5.41) is 3.67. The van der Waals surface area contributed by atoms with Gasteiger partial charge in [0.05, 0.1) is 34.6 Å². The van der Waals surface area contributed by atoms with Crippen molar-refractivity contribution in [2.75, 3.05) is 5.32 Å². The van der Waals surface area contributed by atoms with Gasteiger partial charge in [-0.1, -0.05) is 30.3 Å². The minimum atomic E-state index is -4.50. The number of carbonyl (C=O) groups excluding carboxylic acids is 1. The molecule has 0 atom stereocenters. The maximum atomic E-state index is 13.3. The Morgan fingerprint density at radius 2 is 1.81 bits per heavy atom. The quantitative estimate of drug-likeness (QED) is 0.390. The van der Waals surface area contributed by atoms with Gasteiger partial charge in [0, 0.05) is 11.9 Å². The predicted molar refractivity (Wildman–Crippen MR) is 119 cm³/mol. The number of hydrogen-bond acceptors (Lipinski definition) is 2. The van der Waals surface area contributed by atoms with Gasteiger partial charge >= 0.3 is 6.18 Å². The molecule has 0 fully saturated rings. The molecule has 0 saturated heterocycles. The molecule has 0 radical (unpaired) electrons. The van der Waals surface area contributed by atoms with Gasteiger partial charge < -0.3 is 9.88 Å². The molecule has 4 aromatic rings. The molecule has 0 aliphatic carbocycles. The highest BCUT2D eigenvalue weighted by atomic mass is 19.4. The summed E-state index contributed by atoms with van der Waals surface area (Å²) in [6.07, 6.45) is -2.57. The number of nitrogens with zero attached hydrogens (tertiary/aromatic N) is 2. The highest BCUT2D eigenvalue weighted by Gasteiger charge is 2.34. The molecule has 3 aromatic carbocycles. The molecule has 32 heavy (non-hydrogen) atoms. The molecule has 1 aliphatic rings. The Morgan fingerprint density at radius 3 is 2.62 bits per heavy atom. The Bertz CT molecular complexity index is 1400. The smallest absolute Gasteiger partial charge is 0.324 e. The van der Waals surface area contributed by atoms with Gasteiger partial charge in [0.1, 0.15) is 0 Å². The topological polar surface area (TPSA) is 46.4 Å². The number of halogens is 3. The van der Waals surface area contributed by atoms with E-state index >= 15 is 0 Å². The molecule has 0 unspecified atom stereocenters. The first-order chi connectivity index (χ1) is 15.3. The molecule has 160 valence electrons. The van der Waals surface area contributed by atoms with E-state index in [0.717, 1.165) is 28.2 Å². The second-order valence-corrected chi connectivity index (χ2v) is 7.76. The molecule has 1 N–H and O–H groups in total. The second-order valence-electron chi connectivity index (χ2n) is 7.76. The van der Waals surface area contributed by atoms with Gasteiger partial charge in [-0.25, -0.2) is 0 Å². The number of hydrogen-bond donors (Lipinski definition) is 1. The Hall–Kier alpha value is -3.87. The van der Waals surface area contributed by atoms with Crippen LogP contribution in [0.15, 0.2) is 77.9 Å². The van der Waals surface area contributed by atoms with E-state index in [-0.39, 0.29) is 17.7 Å². The van der Waals surface area contributed by atoms with Crippen LogP contribution >= 0.6 is 0 Å². The van der Waals surface area contributed by atoms with E-state index in [4.69, 9.17) is 0 Å². The first kappa shape index (κ1) is 20.1. The largest absolute Gasteiger partial charge is 0.416 e. The monoisotopic (exact) mass is 433 g/mol. The third-order valence-corrected chi connectivity index (χ3v) is 5.56. The minimum Gasteiger partial charge on any atom is -0.324 e. The third-order valence-electron chi connectivity index (χ3n) is 5.56. The number of aromatic nitrogens is 1. The van der Waals surface area contributed by atoms with E-state index in [1.807, 2.05) is 65.4 Å². The maximum Gasteiger partial charge on any atom is 0.416 e. The molecule has 5 rings (SSSR count). The summed E-state index contributed by atoms with van der Waals surface area (Å²) in [7, 11) is 0. The fourth-order valence-electron chi connectivity index (χ4n) is 4.03. The van der Waals surface area contributed by atoms with Crippen molar-refractivity contribution in [1.29, 1.82) is 0 Å². The summed E-state index contributed by atoms with van der Waals surface area (Å²) in [4.78, 5) is 17.1. The van der Waals surface area contributed by atoms with E-state index < -0.39 is 17.6 Å². The van der Waals surface area contributed by atoms with E-state index in [1.54, 1.807) is 0 Å². The average Bonchev–Trinajstić information content (AvgIpc) is 3.11. The van der Waals surface area contributed by atoms with Crippen LogP contribution in [0.25, 0.3) is 16.6 Å². The summed E-state index contributed by atoms with van der Waals surface area (Å²) >= 11 is 0. The van der Waals surface area contributed by atoms with Crippen molar-refractivity contribution in [2.24, 2.45) is 4.99 Å². The lowest BCUT2D eigenvalue weighted by atomic mass is 10.1. The molecule has 1 aromatic heterocycles. The molecule has 0 bridgehead atoms. The number of amides is 1. The number of aliphatic imine (C=N–C) groups is 1. The Labute approximate surface area is 182 Å². The zero-order valence-electron chi connectivity index (χ0n) is 17.1. The molecule has 1 amide bonds.